The van der Waals surface area contributed by atoms with E-state index in [2.05, 4.69) is 6.92 Å². The van der Waals surface area contributed by atoms with E-state index < -0.39 is 5.79 Å². The maximum absolute atomic E-state index is 9.16. The van der Waals surface area contributed by atoms with Crippen LogP contribution in [0.2, 0.25) is 0 Å². The van der Waals surface area contributed by atoms with E-state index in [-0.39, 0.29) is 0 Å². The molecule has 0 aliphatic heterocycles. The molecule has 54 valence electrons. The lowest BCUT2D eigenvalue weighted by atomic mass is 9.87. The first-order valence-corrected chi connectivity index (χ1v) is 3.57. The molecule has 1 fully saturated rings. The van der Waals surface area contributed by atoms with E-state index in [0.29, 0.717) is 12.8 Å². The quantitative estimate of drug-likeness (QED) is 0.380. The summed E-state index contributed by atoms with van der Waals surface area (Å²) in [4.78, 5) is 0. The third-order valence-corrected chi connectivity index (χ3v) is 2.10. The van der Waals surface area contributed by atoms with Gasteiger partial charge in [0.15, 0.2) is 0 Å². The molecule has 1 aliphatic carbocycles. The van der Waals surface area contributed by atoms with Gasteiger partial charge in [0.2, 0.25) is 0 Å². The summed E-state index contributed by atoms with van der Waals surface area (Å²) >= 11 is 0. The predicted octanol–water partition coefficient (Wildman–Crippen LogP) is 0.610. The first-order chi connectivity index (χ1) is 4.10. The number of hydrogen-bond donors (Lipinski definition) is 1. The lowest BCUT2D eigenvalue weighted by Crippen LogP contribution is -2.32. The van der Waals surface area contributed by atoms with Crippen molar-refractivity contribution < 1.29 is 10.2 Å². The minimum absolute atomic E-state index is 0.661. The van der Waals surface area contributed by atoms with Crippen LogP contribution in [0, 0.1) is 5.92 Å². The van der Waals surface area contributed by atoms with Crippen molar-refractivity contribution in [3.05, 3.63) is 0 Å². The second-order valence-electron chi connectivity index (χ2n) is 3.21. The Labute approximate surface area is 55.5 Å². The Morgan fingerprint density at radius 2 is 1.89 bits per heavy atom. The lowest BCUT2D eigenvalue weighted by molar-refractivity contribution is -0.185. The molecular formula is C7H15O2+. The molecule has 0 unspecified atom stereocenters. The van der Waals surface area contributed by atoms with Crippen LogP contribution in [0.4, 0.5) is 0 Å². The Morgan fingerprint density at radius 3 is 2.22 bits per heavy atom. The predicted molar refractivity (Wildman–Crippen MR) is 36.2 cm³/mol. The molecule has 0 aromatic rings. The second kappa shape index (κ2) is 2.27. The van der Waals surface area contributed by atoms with Crippen molar-refractivity contribution in [2.45, 2.75) is 38.4 Å². The fraction of sp³-hybridized carbons (Fsp3) is 1.00. The van der Waals surface area contributed by atoms with Gasteiger partial charge < -0.3 is 10.2 Å². The first kappa shape index (κ1) is 7.03. The maximum Gasteiger partial charge on any atom is 0.270 e. The summed E-state index contributed by atoms with van der Waals surface area (Å²) in [6.07, 6.45) is 3.35. The van der Waals surface area contributed by atoms with Crippen LogP contribution in [0.5, 0.6) is 0 Å². The molecule has 0 bridgehead atoms. The van der Waals surface area contributed by atoms with E-state index in [1.807, 2.05) is 0 Å². The molecule has 1 aliphatic rings. The minimum atomic E-state index is -1.09. The summed E-state index contributed by atoms with van der Waals surface area (Å²) in [6.45, 7) is 2.18. The molecule has 3 N–H and O–H groups in total. The van der Waals surface area contributed by atoms with Gasteiger partial charge in [0.25, 0.3) is 5.79 Å². The van der Waals surface area contributed by atoms with Gasteiger partial charge in [-0.05, 0) is 18.8 Å². The van der Waals surface area contributed by atoms with E-state index in [9.17, 15) is 0 Å². The molecule has 2 heteroatoms. The highest BCUT2D eigenvalue weighted by Gasteiger charge is 2.33. The van der Waals surface area contributed by atoms with Gasteiger partial charge in [0.1, 0.15) is 0 Å². The van der Waals surface area contributed by atoms with Crippen LogP contribution in [-0.4, -0.2) is 16.0 Å². The molecule has 2 nitrogen and oxygen atoms in total. The largest absolute Gasteiger partial charge is 0.419 e. The van der Waals surface area contributed by atoms with Crippen LogP contribution in [0.1, 0.15) is 32.6 Å². The van der Waals surface area contributed by atoms with E-state index in [4.69, 9.17) is 10.2 Å². The van der Waals surface area contributed by atoms with Crippen molar-refractivity contribution in [2.24, 2.45) is 5.92 Å². The molecule has 0 amide bonds. The molecule has 0 radical (unpaired) electrons. The van der Waals surface area contributed by atoms with Gasteiger partial charge in [0, 0.05) is 0 Å². The van der Waals surface area contributed by atoms with Gasteiger partial charge in [-0.3, -0.25) is 0 Å². The molecule has 0 spiro atoms. The van der Waals surface area contributed by atoms with Gasteiger partial charge >= 0.3 is 0 Å². The third-order valence-electron chi connectivity index (χ3n) is 2.10. The monoisotopic (exact) mass is 131 g/mol. The molecule has 1 rings (SSSR count). The standard InChI is InChI=1S/C7H14O2/c1-6-2-4-7(8,9)5-3-6/h6,8-9H,2-5H2,1H3/p+1. The average Bonchev–Trinajstić information content (AvgIpc) is 1.78. The average molecular weight is 131 g/mol. The highest BCUT2D eigenvalue weighted by Crippen LogP contribution is 2.29. The normalized spacial score (nSPS) is 45.0. The highest BCUT2D eigenvalue weighted by molar-refractivity contribution is 4.73. The van der Waals surface area contributed by atoms with Crippen molar-refractivity contribution in [1.29, 1.82) is 0 Å². The Hall–Kier alpha value is -0.0800. The van der Waals surface area contributed by atoms with Crippen molar-refractivity contribution in [3.8, 4) is 0 Å². The van der Waals surface area contributed by atoms with Gasteiger partial charge in [0.05, 0.1) is 12.8 Å². The fourth-order valence-electron chi connectivity index (χ4n) is 1.24. The van der Waals surface area contributed by atoms with Crippen molar-refractivity contribution in [3.63, 3.8) is 0 Å². The molecule has 9 heavy (non-hydrogen) atoms. The van der Waals surface area contributed by atoms with Gasteiger partial charge in [-0.2, -0.15) is 0 Å². The second-order valence-corrected chi connectivity index (χ2v) is 3.21. The Morgan fingerprint density at radius 1 is 1.44 bits per heavy atom. The van der Waals surface area contributed by atoms with Crippen LogP contribution in [0.25, 0.3) is 0 Å². The zero-order chi connectivity index (χ0) is 6.91. The molecule has 0 aromatic carbocycles. The first-order valence-electron chi connectivity index (χ1n) is 3.57. The zero-order valence-corrected chi connectivity index (χ0v) is 5.85. The number of rotatable bonds is 0. The van der Waals surface area contributed by atoms with Crippen molar-refractivity contribution >= 4 is 0 Å². The summed E-state index contributed by atoms with van der Waals surface area (Å²) in [6, 6.07) is 0. The van der Waals surface area contributed by atoms with E-state index >= 15 is 0 Å². The minimum Gasteiger partial charge on any atom is -0.419 e. The highest BCUT2D eigenvalue weighted by atomic mass is 16.5. The Bertz CT molecular complexity index is 89.1. The van der Waals surface area contributed by atoms with Crippen LogP contribution in [0.15, 0.2) is 0 Å². The summed E-state index contributed by atoms with van der Waals surface area (Å²) < 4.78 is 0. The molecular weight excluding hydrogens is 116 g/mol. The molecule has 0 atom stereocenters. The SMILES string of the molecule is CC1CCC(O)([OH2+])CC1. The topological polar surface area (TPSA) is 43.1 Å². The molecule has 0 saturated heterocycles. The van der Waals surface area contributed by atoms with Crippen LogP contribution in [-0.2, 0) is 0 Å². The van der Waals surface area contributed by atoms with E-state index in [0.717, 1.165) is 18.8 Å². The van der Waals surface area contributed by atoms with Crippen LogP contribution < -0.4 is 0 Å². The Kier molecular flexibility index (Phi) is 1.78. The molecule has 0 aromatic heterocycles. The smallest absolute Gasteiger partial charge is 0.270 e. The van der Waals surface area contributed by atoms with Crippen LogP contribution in [0.3, 0.4) is 0 Å². The van der Waals surface area contributed by atoms with Gasteiger partial charge in [-0.1, -0.05) is 6.92 Å². The zero-order valence-electron chi connectivity index (χ0n) is 5.85. The van der Waals surface area contributed by atoms with E-state index in [1.165, 1.54) is 0 Å². The van der Waals surface area contributed by atoms with Gasteiger partial charge in [-0.15, -0.1) is 0 Å². The van der Waals surface area contributed by atoms with E-state index in [1.54, 1.807) is 0 Å². The number of hydrogen-bond acceptors (Lipinski definition) is 1. The number of aliphatic hydroxyl groups is 1. The molecule has 1 saturated carbocycles. The van der Waals surface area contributed by atoms with Gasteiger partial charge in [-0.25, -0.2) is 0 Å². The molecule has 0 heterocycles. The Balaban J connectivity index is 2.35. The maximum atomic E-state index is 9.16. The fourth-order valence-corrected chi connectivity index (χ4v) is 1.24. The van der Waals surface area contributed by atoms with Crippen molar-refractivity contribution in [2.75, 3.05) is 0 Å². The third kappa shape index (κ3) is 1.95. The summed E-state index contributed by atoms with van der Waals surface area (Å²) in [5, 5.41) is 16.4. The lowest BCUT2D eigenvalue weighted by Gasteiger charge is -2.25. The summed E-state index contributed by atoms with van der Waals surface area (Å²) in [5.74, 6) is -0.373. The summed E-state index contributed by atoms with van der Waals surface area (Å²) in [5.41, 5.74) is 0. The van der Waals surface area contributed by atoms with Crippen molar-refractivity contribution in [1.82, 2.24) is 0 Å². The summed E-state index contributed by atoms with van der Waals surface area (Å²) in [7, 11) is 0. The van der Waals surface area contributed by atoms with Crippen LogP contribution >= 0.6 is 0 Å².